The van der Waals surface area contributed by atoms with E-state index in [1.165, 1.54) is 0 Å². The molecular formula is C21H22N2O2S. The SMILES string of the molecule is CCN(C(=O)CSCc1coc(-c2ccccc2)n1)c1ccccc1C. The van der Waals surface area contributed by atoms with Crippen molar-refractivity contribution in [3.63, 3.8) is 0 Å². The zero-order chi connectivity index (χ0) is 18.4. The van der Waals surface area contributed by atoms with Crippen molar-refractivity contribution in [2.24, 2.45) is 0 Å². The van der Waals surface area contributed by atoms with Crippen molar-refractivity contribution in [1.29, 1.82) is 0 Å². The standard InChI is InChI=1S/C21H22N2O2S/c1-3-23(19-12-8-7-9-16(19)2)20(24)15-26-14-18-13-25-21(22-18)17-10-5-4-6-11-17/h4-13H,3,14-15H2,1-2H3. The quantitative estimate of drug-likeness (QED) is 0.594. The van der Waals surface area contributed by atoms with Gasteiger partial charge in [0, 0.05) is 23.5 Å². The van der Waals surface area contributed by atoms with Gasteiger partial charge in [-0.3, -0.25) is 4.79 Å². The van der Waals surface area contributed by atoms with Crippen LogP contribution >= 0.6 is 11.8 Å². The third kappa shape index (κ3) is 4.35. The molecule has 4 nitrogen and oxygen atoms in total. The van der Waals surface area contributed by atoms with Crippen LogP contribution in [0, 0.1) is 6.92 Å². The maximum atomic E-state index is 12.6. The molecule has 0 atom stereocenters. The van der Waals surface area contributed by atoms with Crippen LogP contribution in [0.1, 0.15) is 18.2 Å². The topological polar surface area (TPSA) is 46.3 Å². The van der Waals surface area contributed by atoms with Gasteiger partial charge < -0.3 is 9.32 Å². The fourth-order valence-electron chi connectivity index (χ4n) is 2.75. The number of thioether (sulfide) groups is 1. The van der Waals surface area contributed by atoms with Crippen molar-refractivity contribution in [1.82, 2.24) is 4.98 Å². The van der Waals surface area contributed by atoms with E-state index < -0.39 is 0 Å². The van der Waals surface area contributed by atoms with E-state index in [0.29, 0.717) is 23.9 Å². The first-order valence-corrected chi connectivity index (χ1v) is 9.78. The number of benzene rings is 2. The molecule has 0 aliphatic carbocycles. The van der Waals surface area contributed by atoms with E-state index in [4.69, 9.17) is 4.42 Å². The number of rotatable bonds is 7. The third-order valence-corrected chi connectivity index (χ3v) is 5.02. The Hall–Kier alpha value is -2.53. The predicted molar refractivity (Wildman–Crippen MR) is 107 cm³/mol. The first kappa shape index (κ1) is 18.3. The Kier molecular flexibility index (Phi) is 6.12. The molecule has 0 unspecified atom stereocenters. The van der Waals surface area contributed by atoms with Crippen LogP contribution in [-0.4, -0.2) is 23.2 Å². The van der Waals surface area contributed by atoms with Crippen molar-refractivity contribution in [2.45, 2.75) is 19.6 Å². The summed E-state index contributed by atoms with van der Waals surface area (Å²) in [7, 11) is 0. The van der Waals surface area contributed by atoms with Gasteiger partial charge in [0.1, 0.15) is 6.26 Å². The molecule has 26 heavy (non-hydrogen) atoms. The highest BCUT2D eigenvalue weighted by Crippen LogP contribution is 2.23. The van der Waals surface area contributed by atoms with Crippen LogP contribution in [0.2, 0.25) is 0 Å². The van der Waals surface area contributed by atoms with E-state index in [0.717, 1.165) is 22.5 Å². The second-order valence-corrected chi connectivity index (χ2v) is 6.91. The zero-order valence-electron chi connectivity index (χ0n) is 15.0. The molecule has 134 valence electrons. The average molecular weight is 366 g/mol. The zero-order valence-corrected chi connectivity index (χ0v) is 15.8. The van der Waals surface area contributed by atoms with Crippen LogP contribution in [0.25, 0.3) is 11.5 Å². The van der Waals surface area contributed by atoms with E-state index in [-0.39, 0.29) is 5.91 Å². The number of aromatic nitrogens is 1. The number of oxazole rings is 1. The van der Waals surface area contributed by atoms with Crippen LogP contribution in [0.3, 0.4) is 0 Å². The Morgan fingerprint density at radius 2 is 1.85 bits per heavy atom. The van der Waals surface area contributed by atoms with E-state index >= 15 is 0 Å². The molecule has 3 rings (SSSR count). The lowest BCUT2D eigenvalue weighted by atomic mass is 10.2. The number of nitrogens with zero attached hydrogens (tertiary/aromatic N) is 2. The molecule has 0 saturated carbocycles. The number of hydrogen-bond acceptors (Lipinski definition) is 4. The van der Waals surface area contributed by atoms with Crippen LogP contribution in [0.5, 0.6) is 0 Å². The van der Waals surface area contributed by atoms with E-state index in [9.17, 15) is 4.79 Å². The summed E-state index contributed by atoms with van der Waals surface area (Å²) in [6, 6.07) is 17.8. The van der Waals surface area contributed by atoms with Crippen molar-refractivity contribution in [3.8, 4) is 11.5 Å². The fourth-order valence-corrected chi connectivity index (χ4v) is 3.53. The summed E-state index contributed by atoms with van der Waals surface area (Å²) in [6.07, 6.45) is 1.67. The smallest absolute Gasteiger partial charge is 0.236 e. The summed E-state index contributed by atoms with van der Waals surface area (Å²) in [4.78, 5) is 18.9. The molecule has 0 aliphatic heterocycles. The maximum Gasteiger partial charge on any atom is 0.236 e. The van der Waals surface area contributed by atoms with Gasteiger partial charge in [-0.1, -0.05) is 36.4 Å². The number of amides is 1. The minimum atomic E-state index is 0.110. The van der Waals surface area contributed by atoms with Crippen molar-refractivity contribution in [3.05, 3.63) is 72.1 Å². The molecule has 1 heterocycles. The van der Waals surface area contributed by atoms with Crippen LogP contribution in [0.4, 0.5) is 5.69 Å². The first-order valence-electron chi connectivity index (χ1n) is 8.62. The van der Waals surface area contributed by atoms with Crippen LogP contribution in [0.15, 0.2) is 65.3 Å². The highest BCUT2D eigenvalue weighted by atomic mass is 32.2. The highest BCUT2D eigenvalue weighted by Gasteiger charge is 2.16. The van der Waals surface area contributed by atoms with Crippen molar-refractivity contribution < 1.29 is 9.21 Å². The Bertz CT molecular complexity index is 861. The lowest BCUT2D eigenvalue weighted by Gasteiger charge is -2.22. The molecule has 0 radical (unpaired) electrons. The van der Waals surface area contributed by atoms with Gasteiger partial charge in [-0.15, -0.1) is 11.8 Å². The summed E-state index contributed by atoms with van der Waals surface area (Å²) in [5, 5.41) is 0. The summed E-state index contributed by atoms with van der Waals surface area (Å²) >= 11 is 1.55. The molecule has 2 aromatic carbocycles. The second-order valence-electron chi connectivity index (χ2n) is 5.93. The average Bonchev–Trinajstić information content (AvgIpc) is 3.13. The predicted octanol–water partition coefficient (Wildman–Crippen LogP) is 4.94. The van der Waals surface area contributed by atoms with E-state index in [1.54, 1.807) is 18.0 Å². The summed E-state index contributed by atoms with van der Waals surface area (Å²) in [6.45, 7) is 4.68. The Labute approximate surface area is 158 Å². The van der Waals surface area contributed by atoms with Gasteiger partial charge in [-0.25, -0.2) is 4.98 Å². The molecule has 0 spiro atoms. The van der Waals surface area contributed by atoms with Gasteiger partial charge in [0.05, 0.1) is 11.4 Å². The second kappa shape index (κ2) is 8.72. The van der Waals surface area contributed by atoms with E-state index in [2.05, 4.69) is 4.98 Å². The monoisotopic (exact) mass is 366 g/mol. The third-order valence-electron chi connectivity index (χ3n) is 4.07. The lowest BCUT2D eigenvalue weighted by molar-refractivity contribution is -0.116. The molecule has 0 aliphatic rings. The van der Waals surface area contributed by atoms with Gasteiger partial charge in [0.2, 0.25) is 11.8 Å². The molecule has 0 fully saturated rings. The Balaban J connectivity index is 1.57. The molecule has 0 N–H and O–H groups in total. The minimum absolute atomic E-state index is 0.110. The number of aryl methyl sites for hydroxylation is 1. The highest BCUT2D eigenvalue weighted by molar-refractivity contribution is 7.99. The molecule has 0 saturated heterocycles. The van der Waals surface area contributed by atoms with Crippen molar-refractivity contribution in [2.75, 3.05) is 17.2 Å². The molecule has 1 aromatic heterocycles. The summed E-state index contributed by atoms with van der Waals surface area (Å²) < 4.78 is 5.54. The summed E-state index contributed by atoms with van der Waals surface area (Å²) in [5.74, 6) is 1.78. The first-order chi connectivity index (χ1) is 12.7. The molecule has 5 heteroatoms. The van der Waals surface area contributed by atoms with Crippen molar-refractivity contribution >= 4 is 23.4 Å². The number of anilines is 1. The van der Waals surface area contributed by atoms with Gasteiger partial charge in [0.25, 0.3) is 0 Å². The summed E-state index contributed by atoms with van der Waals surface area (Å²) in [5.41, 5.74) is 3.89. The van der Waals surface area contributed by atoms with Gasteiger partial charge >= 0.3 is 0 Å². The van der Waals surface area contributed by atoms with Gasteiger partial charge in [-0.05, 0) is 37.6 Å². The number of carbonyl (C=O) groups is 1. The normalized spacial score (nSPS) is 10.7. The molecular weight excluding hydrogens is 344 g/mol. The van der Waals surface area contributed by atoms with Gasteiger partial charge in [0.15, 0.2) is 0 Å². The largest absolute Gasteiger partial charge is 0.444 e. The fraction of sp³-hybridized carbons (Fsp3) is 0.238. The van der Waals surface area contributed by atoms with Gasteiger partial charge in [-0.2, -0.15) is 0 Å². The minimum Gasteiger partial charge on any atom is -0.444 e. The van der Waals surface area contributed by atoms with Crippen LogP contribution in [-0.2, 0) is 10.5 Å². The Morgan fingerprint density at radius 3 is 2.58 bits per heavy atom. The number of para-hydroxylation sites is 1. The Morgan fingerprint density at radius 1 is 1.12 bits per heavy atom. The molecule has 1 amide bonds. The molecule has 3 aromatic rings. The molecule has 0 bridgehead atoms. The number of hydrogen-bond donors (Lipinski definition) is 0. The van der Waals surface area contributed by atoms with E-state index in [1.807, 2.05) is 73.3 Å². The van der Waals surface area contributed by atoms with Crippen LogP contribution < -0.4 is 4.90 Å². The number of carbonyl (C=O) groups excluding carboxylic acids is 1. The lowest BCUT2D eigenvalue weighted by Crippen LogP contribution is -2.32. The maximum absolute atomic E-state index is 12.6.